The van der Waals surface area contributed by atoms with Crippen LogP contribution in [0.2, 0.25) is 18.1 Å². The zero-order valence-electron chi connectivity index (χ0n) is 19.7. The van der Waals surface area contributed by atoms with Crippen LogP contribution in [0, 0.1) is 22.7 Å². The second-order valence-electron chi connectivity index (χ2n) is 11.5. The molecule has 0 saturated heterocycles. The quantitative estimate of drug-likeness (QED) is 0.559. The van der Waals surface area contributed by atoms with Gasteiger partial charge in [0.15, 0.2) is 8.32 Å². The summed E-state index contributed by atoms with van der Waals surface area (Å²) in [6.07, 6.45) is 4.97. The molecule has 1 aromatic carbocycles. The normalized spacial score (nSPS) is 35.2. The van der Waals surface area contributed by atoms with E-state index in [1.165, 1.54) is 18.4 Å². The van der Waals surface area contributed by atoms with Gasteiger partial charge in [0.25, 0.3) is 0 Å². The van der Waals surface area contributed by atoms with Crippen LogP contribution in [0.4, 0.5) is 0 Å². The lowest BCUT2D eigenvalue weighted by molar-refractivity contribution is 0.00526. The van der Waals surface area contributed by atoms with Gasteiger partial charge in [-0.1, -0.05) is 32.9 Å². The fraction of sp³-hybridized carbons (Fsp3) is 0.760. The largest absolute Gasteiger partial charge is 0.497 e. The highest BCUT2D eigenvalue weighted by atomic mass is 28.4. The summed E-state index contributed by atoms with van der Waals surface area (Å²) in [6.45, 7) is 13.4. The van der Waals surface area contributed by atoms with Crippen LogP contribution in [-0.2, 0) is 15.8 Å². The van der Waals surface area contributed by atoms with Crippen LogP contribution >= 0.6 is 0 Å². The van der Waals surface area contributed by atoms with Gasteiger partial charge in [0.1, 0.15) is 5.75 Å². The number of methoxy groups -OCH3 is 1. The van der Waals surface area contributed by atoms with Gasteiger partial charge in [0.05, 0.1) is 19.8 Å². The Morgan fingerprint density at radius 3 is 2.47 bits per heavy atom. The summed E-state index contributed by atoms with van der Waals surface area (Å²) in [6, 6.07) is 8.17. The number of hydrogen-bond donors (Lipinski definition) is 1. The van der Waals surface area contributed by atoms with E-state index < -0.39 is 8.32 Å². The highest BCUT2D eigenvalue weighted by molar-refractivity contribution is 6.74. The molecule has 0 radical (unpaired) electrons. The second-order valence-corrected chi connectivity index (χ2v) is 16.3. The van der Waals surface area contributed by atoms with E-state index in [9.17, 15) is 5.11 Å². The van der Waals surface area contributed by atoms with Crippen molar-refractivity contribution in [3.63, 3.8) is 0 Å². The molecule has 4 rings (SSSR count). The predicted molar refractivity (Wildman–Crippen MR) is 122 cm³/mol. The topological polar surface area (TPSA) is 47.9 Å². The molecule has 1 N–H and O–H groups in total. The molecule has 0 amide bonds. The van der Waals surface area contributed by atoms with Crippen molar-refractivity contribution in [1.82, 2.24) is 0 Å². The van der Waals surface area contributed by atoms with Crippen LogP contribution in [0.5, 0.6) is 5.75 Å². The van der Waals surface area contributed by atoms with Crippen molar-refractivity contribution in [3.8, 4) is 5.75 Å². The first-order valence-electron chi connectivity index (χ1n) is 11.6. The molecule has 3 aliphatic rings. The third-order valence-electron chi connectivity index (χ3n) is 9.19. The zero-order chi connectivity index (χ0) is 21.8. The molecule has 3 fully saturated rings. The van der Waals surface area contributed by atoms with Crippen molar-refractivity contribution in [2.75, 3.05) is 20.3 Å². The van der Waals surface area contributed by atoms with Crippen molar-refractivity contribution < 1.29 is 19.0 Å². The average Bonchev–Trinajstić information content (AvgIpc) is 3.09. The van der Waals surface area contributed by atoms with Gasteiger partial charge in [-0.05, 0) is 78.8 Å². The van der Waals surface area contributed by atoms with Crippen molar-refractivity contribution >= 4 is 8.32 Å². The van der Waals surface area contributed by atoms with Crippen LogP contribution in [0.3, 0.4) is 0 Å². The molecule has 1 aromatic rings. The van der Waals surface area contributed by atoms with E-state index in [1.54, 1.807) is 7.11 Å². The van der Waals surface area contributed by atoms with Crippen LogP contribution < -0.4 is 4.74 Å². The number of rotatable bonds is 8. The molecular weight excluding hydrogens is 392 g/mol. The molecule has 3 saturated carbocycles. The average molecular weight is 433 g/mol. The maximum Gasteiger partial charge on any atom is 0.192 e. The molecule has 0 heterocycles. The van der Waals surface area contributed by atoms with E-state index in [0.29, 0.717) is 30.0 Å². The molecule has 5 heteroatoms. The summed E-state index contributed by atoms with van der Waals surface area (Å²) in [5.41, 5.74) is 1.71. The van der Waals surface area contributed by atoms with Gasteiger partial charge in [-0.3, -0.25) is 0 Å². The van der Waals surface area contributed by atoms with Gasteiger partial charge >= 0.3 is 0 Å². The Labute approximate surface area is 183 Å². The van der Waals surface area contributed by atoms with Gasteiger partial charge in [-0.25, -0.2) is 0 Å². The van der Waals surface area contributed by atoms with E-state index in [0.717, 1.165) is 25.2 Å². The third-order valence-corrected chi connectivity index (χ3v) is 13.7. The molecule has 0 aromatic heterocycles. The van der Waals surface area contributed by atoms with Crippen molar-refractivity contribution in [2.24, 2.45) is 22.7 Å². The molecule has 0 aliphatic heterocycles. The summed E-state index contributed by atoms with van der Waals surface area (Å²) in [4.78, 5) is 0. The number of ether oxygens (including phenoxy) is 2. The molecule has 1 spiro atoms. The van der Waals surface area contributed by atoms with Gasteiger partial charge in [-0.2, -0.15) is 0 Å². The SMILES string of the molecule is COc1ccc(CO[C@H]2CC[C@]34C[C@@]3(CO[Si](C)(C)C(C)(C)C)[C@@H](CO)C[C@H]24)cc1. The van der Waals surface area contributed by atoms with Gasteiger partial charge in [0, 0.05) is 18.6 Å². The lowest BCUT2D eigenvalue weighted by Gasteiger charge is -2.38. The summed E-state index contributed by atoms with van der Waals surface area (Å²) < 4.78 is 18.4. The monoisotopic (exact) mass is 432 g/mol. The first-order chi connectivity index (χ1) is 14.1. The van der Waals surface area contributed by atoms with Crippen LogP contribution in [0.25, 0.3) is 0 Å². The van der Waals surface area contributed by atoms with E-state index in [2.05, 4.69) is 46.0 Å². The van der Waals surface area contributed by atoms with E-state index in [4.69, 9.17) is 13.9 Å². The fourth-order valence-corrected chi connectivity index (χ4v) is 7.22. The Morgan fingerprint density at radius 2 is 1.87 bits per heavy atom. The maximum absolute atomic E-state index is 10.2. The molecule has 0 unspecified atom stereocenters. The van der Waals surface area contributed by atoms with Gasteiger partial charge in [0.2, 0.25) is 0 Å². The molecule has 30 heavy (non-hydrogen) atoms. The second kappa shape index (κ2) is 7.61. The summed E-state index contributed by atoms with van der Waals surface area (Å²) in [5.74, 6) is 1.81. The highest BCUT2D eigenvalue weighted by Gasteiger charge is 2.80. The van der Waals surface area contributed by atoms with Crippen molar-refractivity contribution in [1.29, 1.82) is 0 Å². The maximum atomic E-state index is 10.2. The first kappa shape index (κ1) is 22.3. The van der Waals surface area contributed by atoms with Crippen LogP contribution in [0.15, 0.2) is 24.3 Å². The third kappa shape index (κ3) is 3.46. The molecule has 4 nitrogen and oxygen atoms in total. The number of aliphatic hydroxyl groups is 1. The number of benzene rings is 1. The van der Waals surface area contributed by atoms with Gasteiger partial charge in [-0.15, -0.1) is 0 Å². The Hall–Kier alpha value is -0.883. The molecule has 3 aliphatic carbocycles. The molecule has 168 valence electrons. The minimum absolute atomic E-state index is 0.181. The lowest BCUT2D eigenvalue weighted by Crippen LogP contribution is -2.43. The Morgan fingerprint density at radius 1 is 1.17 bits per heavy atom. The smallest absolute Gasteiger partial charge is 0.192 e. The predicted octanol–water partition coefficient (Wildman–Crippen LogP) is 5.40. The van der Waals surface area contributed by atoms with Crippen LogP contribution in [-0.4, -0.2) is 39.9 Å². The number of aliphatic hydroxyl groups excluding tert-OH is 1. The summed E-state index contributed by atoms with van der Waals surface area (Å²) in [5, 5.41) is 10.4. The zero-order valence-corrected chi connectivity index (χ0v) is 20.7. The fourth-order valence-electron chi connectivity index (χ4n) is 6.17. The molecule has 0 bridgehead atoms. The first-order valence-corrected chi connectivity index (χ1v) is 14.5. The summed E-state index contributed by atoms with van der Waals surface area (Å²) >= 11 is 0. The Balaban J connectivity index is 1.42. The highest BCUT2D eigenvalue weighted by Crippen LogP contribution is 2.83. The summed E-state index contributed by atoms with van der Waals surface area (Å²) in [7, 11) is -0.0974. The molecular formula is C25H40O4Si. The Kier molecular flexibility index (Phi) is 5.66. The standard InChI is InChI=1S/C25H40O4Si/c1-23(2,3)30(5,6)29-17-25-16-24(25)12-11-22(21(24)13-19(25)14-26)28-15-18-7-9-20(27-4)10-8-18/h7-10,19,21-22,26H,11-17H2,1-6H3/t19-,21-,22+,24-,25-/m1/s1. The Bertz CT molecular complexity index is 755. The van der Waals surface area contributed by atoms with E-state index in [-0.39, 0.29) is 17.1 Å². The lowest BCUT2D eigenvalue weighted by atomic mass is 9.88. The van der Waals surface area contributed by atoms with Crippen LogP contribution in [0.1, 0.15) is 52.0 Å². The van der Waals surface area contributed by atoms with Crippen molar-refractivity contribution in [2.45, 2.75) is 77.3 Å². The van der Waals surface area contributed by atoms with Crippen molar-refractivity contribution in [3.05, 3.63) is 29.8 Å². The number of hydrogen-bond acceptors (Lipinski definition) is 4. The van der Waals surface area contributed by atoms with E-state index >= 15 is 0 Å². The minimum Gasteiger partial charge on any atom is -0.497 e. The molecule has 5 atom stereocenters. The minimum atomic E-state index is -1.79. The van der Waals surface area contributed by atoms with Gasteiger partial charge < -0.3 is 19.0 Å². The van der Waals surface area contributed by atoms with E-state index in [1.807, 2.05) is 12.1 Å².